The van der Waals surface area contributed by atoms with Gasteiger partial charge in [-0.25, -0.2) is 0 Å². The van der Waals surface area contributed by atoms with Crippen LogP contribution in [-0.2, 0) is 6.42 Å². The van der Waals surface area contributed by atoms with Crippen molar-refractivity contribution in [2.24, 2.45) is 5.73 Å². The number of nitrogens with zero attached hydrogens (tertiary/aromatic N) is 2. The van der Waals surface area contributed by atoms with Crippen LogP contribution in [0.2, 0.25) is 0 Å². The van der Waals surface area contributed by atoms with Gasteiger partial charge in [0.1, 0.15) is 5.75 Å². The summed E-state index contributed by atoms with van der Waals surface area (Å²) in [6.07, 6.45) is 1.41. The third-order valence-corrected chi connectivity index (χ3v) is 2.76. The molecule has 2 N–H and O–H groups in total. The van der Waals surface area contributed by atoms with Crippen molar-refractivity contribution in [1.82, 2.24) is 10.1 Å². The highest BCUT2D eigenvalue weighted by Gasteiger charge is 2.12. The Balaban J connectivity index is 2.06. The minimum absolute atomic E-state index is 0.179. The van der Waals surface area contributed by atoms with Gasteiger partial charge in [-0.2, -0.15) is 4.98 Å². The van der Waals surface area contributed by atoms with Gasteiger partial charge in [0, 0.05) is 6.42 Å². The van der Waals surface area contributed by atoms with Crippen molar-refractivity contribution in [2.45, 2.75) is 25.8 Å². The molecule has 0 saturated heterocycles. The summed E-state index contributed by atoms with van der Waals surface area (Å²) in [6, 6.07) is 7.60. The molecule has 2 rings (SSSR count). The van der Waals surface area contributed by atoms with Gasteiger partial charge in [-0.1, -0.05) is 24.2 Å². The van der Waals surface area contributed by atoms with E-state index in [0.717, 1.165) is 17.7 Å². The van der Waals surface area contributed by atoms with Crippen LogP contribution in [0.15, 0.2) is 28.8 Å². The molecule has 0 radical (unpaired) electrons. The molecular weight excluding hydrogens is 230 g/mol. The second-order valence-corrected chi connectivity index (χ2v) is 4.09. The molecule has 96 valence electrons. The Morgan fingerprint density at radius 1 is 1.33 bits per heavy atom. The van der Waals surface area contributed by atoms with Crippen LogP contribution in [0.3, 0.4) is 0 Å². The van der Waals surface area contributed by atoms with Gasteiger partial charge in [-0.05, 0) is 24.1 Å². The average molecular weight is 247 g/mol. The van der Waals surface area contributed by atoms with E-state index in [2.05, 4.69) is 10.1 Å². The van der Waals surface area contributed by atoms with Crippen molar-refractivity contribution in [3.63, 3.8) is 0 Å². The molecule has 5 nitrogen and oxygen atoms in total. The molecule has 0 aliphatic rings. The molecule has 0 fully saturated rings. The first-order valence-electron chi connectivity index (χ1n) is 5.94. The fourth-order valence-corrected chi connectivity index (χ4v) is 1.59. The largest absolute Gasteiger partial charge is 0.497 e. The molecule has 18 heavy (non-hydrogen) atoms. The summed E-state index contributed by atoms with van der Waals surface area (Å²) in [7, 11) is 1.65. The summed E-state index contributed by atoms with van der Waals surface area (Å²) in [4.78, 5) is 4.28. The number of benzene rings is 1. The number of aromatic nitrogens is 2. The standard InChI is InChI=1S/C13H17N3O2/c1-3-11(14)13-15-12(16-18-13)8-9-4-6-10(17-2)7-5-9/h4-7,11H,3,8,14H2,1-2H3/t11-/m1/s1. The third kappa shape index (κ3) is 2.87. The van der Waals surface area contributed by atoms with Crippen LogP contribution >= 0.6 is 0 Å². The summed E-state index contributed by atoms with van der Waals surface area (Å²) in [5.41, 5.74) is 6.93. The molecule has 1 atom stereocenters. The van der Waals surface area contributed by atoms with Crippen molar-refractivity contribution < 1.29 is 9.26 Å². The van der Waals surface area contributed by atoms with E-state index in [1.165, 1.54) is 0 Å². The Hall–Kier alpha value is -1.88. The van der Waals surface area contributed by atoms with Crippen LogP contribution in [0.1, 0.15) is 36.7 Å². The van der Waals surface area contributed by atoms with E-state index in [1.54, 1.807) is 7.11 Å². The predicted molar refractivity (Wildman–Crippen MR) is 67.3 cm³/mol. The Morgan fingerprint density at radius 3 is 2.67 bits per heavy atom. The Kier molecular flexibility index (Phi) is 3.94. The quantitative estimate of drug-likeness (QED) is 0.875. The van der Waals surface area contributed by atoms with E-state index in [4.69, 9.17) is 15.0 Å². The van der Waals surface area contributed by atoms with Gasteiger partial charge < -0.3 is 15.0 Å². The lowest BCUT2D eigenvalue weighted by molar-refractivity contribution is 0.348. The van der Waals surface area contributed by atoms with Crippen LogP contribution < -0.4 is 10.5 Å². The summed E-state index contributed by atoms with van der Waals surface area (Å²) in [6.45, 7) is 1.98. The fourth-order valence-electron chi connectivity index (χ4n) is 1.59. The predicted octanol–water partition coefficient (Wildman–Crippen LogP) is 2.08. The molecule has 1 aromatic carbocycles. The summed E-state index contributed by atoms with van der Waals surface area (Å²) >= 11 is 0. The average Bonchev–Trinajstić information content (AvgIpc) is 2.87. The topological polar surface area (TPSA) is 74.2 Å². The van der Waals surface area contributed by atoms with Gasteiger partial charge in [0.25, 0.3) is 0 Å². The van der Waals surface area contributed by atoms with Crippen molar-refractivity contribution >= 4 is 0 Å². The van der Waals surface area contributed by atoms with Crippen molar-refractivity contribution in [1.29, 1.82) is 0 Å². The molecule has 0 aliphatic heterocycles. The van der Waals surface area contributed by atoms with Gasteiger partial charge in [-0.3, -0.25) is 0 Å². The zero-order valence-electron chi connectivity index (χ0n) is 10.6. The maximum atomic E-state index is 5.83. The molecule has 1 heterocycles. The Bertz CT molecular complexity index is 493. The van der Waals surface area contributed by atoms with Crippen molar-refractivity contribution in [3.8, 4) is 5.75 Å². The van der Waals surface area contributed by atoms with Gasteiger partial charge in [0.05, 0.1) is 13.2 Å². The van der Waals surface area contributed by atoms with Crippen molar-refractivity contribution in [3.05, 3.63) is 41.5 Å². The first-order valence-corrected chi connectivity index (χ1v) is 5.94. The number of methoxy groups -OCH3 is 1. The summed E-state index contributed by atoms with van der Waals surface area (Å²) in [5.74, 6) is 1.99. The number of rotatable bonds is 5. The Labute approximate surface area is 106 Å². The lowest BCUT2D eigenvalue weighted by atomic mass is 10.1. The molecule has 0 spiro atoms. The van der Waals surface area contributed by atoms with E-state index >= 15 is 0 Å². The molecule has 0 bridgehead atoms. The first-order chi connectivity index (χ1) is 8.72. The highest BCUT2D eigenvalue weighted by Crippen LogP contribution is 2.15. The van der Waals surface area contributed by atoms with Gasteiger partial charge >= 0.3 is 0 Å². The maximum Gasteiger partial charge on any atom is 0.243 e. The molecule has 5 heteroatoms. The van der Waals surface area contributed by atoms with Crippen molar-refractivity contribution in [2.75, 3.05) is 7.11 Å². The van der Waals surface area contributed by atoms with Gasteiger partial charge in [-0.15, -0.1) is 0 Å². The SMILES string of the molecule is CC[C@@H](N)c1nc(Cc2ccc(OC)cc2)no1. The van der Waals surface area contributed by atoms with Gasteiger partial charge in [0.2, 0.25) is 5.89 Å². The van der Waals surface area contributed by atoms with E-state index in [0.29, 0.717) is 18.1 Å². The molecule has 0 saturated carbocycles. The summed E-state index contributed by atoms with van der Waals surface area (Å²) < 4.78 is 10.2. The minimum atomic E-state index is -0.179. The number of ether oxygens (including phenoxy) is 1. The lowest BCUT2D eigenvalue weighted by Gasteiger charge is -2.01. The van der Waals surface area contributed by atoms with Crippen LogP contribution in [0, 0.1) is 0 Å². The third-order valence-electron chi connectivity index (χ3n) is 2.76. The van der Waals surface area contributed by atoms with E-state index in [-0.39, 0.29) is 6.04 Å². The normalized spacial score (nSPS) is 12.4. The number of nitrogens with two attached hydrogens (primary N) is 1. The second-order valence-electron chi connectivity index (χ2n) is 4.09. The first kappa shape index (κ1) is 12.6. The van der Waals surface area contributed by atoms with Gasteiger partial charge in [0.15, 0.2) is 5.82 Å². The van der Waals surface area contributed by atoms with Crippen LogP contribution in [-0.4, -0.2) is 17.3 Å². The minimum Gasteiger partial charge on any atom is -0.497 e. The van der Waals surface area contributed by atoms with E-state index in [1.807, 2.05) is 31.2 Å². The summed E-state index contributed by atoms with van der Waals surface area (Å²) in [5, 5.41) is 3.93. The molecular formula is C13H17N3O2. The smallest absolute Gasteiger partial charge is 0.243 e. The maximum absolute atomic E-state index is 5.83. The van der Waals surface area contributed by atoms with E-state index in [9.17, 15) is 0 Å². The second kappa shape index (κ2) is 5.64. The highest BCUT2D eigenvalue weighted by molar-refractivity contribution is 5.28. The van der Waals surface area contributed by atoms with E-state index < -0.39 is 0 Å². The molecule has 1 aromatic heterocycles. The number of hydrogen-bond donors (Lipinski definition) is 1. The Morgan fingerprint density at radius 2 is 2.06 bits per heavy atom. The molecule has 0 unspecified atom stereocenters. The lowest BCUT2D eigenvalue weighted by Crippen LogP contribution is -2.08. The van der Waals surface area contributed by atoms with Crippen LogP contribution in [0.25, 0.3) is 0 Å². The zero-order chi connectivity index (χ0) is 13.0. The monoisotopic (exact) mass is 247 g/mol. The molecule has 0 aliphatic carbocycles. The van der Waals surface area contributed by atoms with Crippen LogP contribution in [0.4, 0.5) is 0 Å². The van der Waals surface area contributed by atoms with Crippen LogP contribution in [0.5, 0.6) is 5.75 Å². The highest BCUT2D eigenvalue weighted by atomic mass is 16.5. The molecule has 2 aromatic rings. The fraction of sp³-hybridized carbons (Fsp3) is 0.385. The zero-order valence-corrected chi connectivity index (χ0v) is 10.6. The number of hydrogen-bond acceptors (Lipinski definition) is 5. The molecule has 0 amide bonds.